The monoisotopic (exact) mass is 349 g/mol. The number of nitrogens with one attached hydrogen (secondary N) is 1. The number of fused-ring (bicyclic) bond motifs is 1. The molecular weight excluding hydrogens is 318 g/mol. The Kier molecular flexibility index (Phi) is 4.01. The van der Waals surface area contributed by atoms with Gasteiger partial charge in [0.1, 0.15) is 5.75 Å². The third kappa shape index (κ3) is 2.93. The zero-order chi connectivity index (χ0) is 17.7. The van der Waals surface area contributed by atoms with Crippen LogP contribution in [0.5, 0.6) is 5.75 Å². The number of benzene rings is 2. The second-order valence-corrected chi connectivity index (χ2v) is 9.48. The highest BCUT2D eigenvalue weighted by atomic mass is 16.5. The fourth-order valence-corrected chi connectivity index (χ4v) is 6.47. The topological polar surface area (TPSA) is 21.3 Å². The van der Waals surface area contributed by atoms with E-state index in [1.54, 1.807) is 0 Å². The predicted molar refractivity (Wildman–Crippen MR) is 107 cm³/mol. The van der Waals surface area contributed by atoms with Crippen molar-refractivity contribution in [2.45, 2.75) is 70.6 Å². The van der Waals surface area contributed by atoms with Crippen LogP contribution in [0.2, 0.25) is 0 Å². The van der Waals surface area contributed by atoms with Gasteiger partial charge in [0.2, 0.25) is 0 Å². The first-order valence-corrected chi connectivity index (χ1v) is 10.5. The van der Waals surface area contributed by atoms with Crippen LogP contribution in [0.1, 0.15) is 57.9 Å². The molecule has 0 amide bonds. The number of hydrogen-bond donors (Lipinski definition) is 1. The molecule has 138 valence electrons. The van der Waals surface area contributed by atoms with Gasteiger partial charge in [0, 0.05) is 17.6 Å². The second-order valence-electron chi connectivity index (χ2n) is 9.48. The maximum atomic E-state index is 6.18. The van der Waals surface area contributed by atoms with Crippen molar-refractivity contribution in [1.29, 1.82) is 0 Å². The zero-order valence-corrected chi connectivity index (χ0v) is 16.1. The first-order chi connectivity index (χ1) is 12.6. The van der Waals surface area contributed by atoms with E-state index >= 15 is 0 Å². The van der Waals surface area contributed by atoms with E-state index in [9.17, 15) is 0 Å². The molecule has 4 aliphatic carbocycles. The Morgan fingerprint density at radius 3 is 2.27 bits per heavy atom. The molecule has 0 saturated heterocycles. The third-order valence-corrected chi connectivity index (χ3v) is 7.04. The Bertz CT molecular complexity index is 774. The molecule has 1 N–H and O–H groups in total. The summed E-state index contributed by atoms with van der Waals surface area (Å²) in [5.74, 6) is 3.99. The highest BCUT2D eigenvalue weighted by molar-refractivity contribution is 5.87. The molecule has 0 unspecified atom stereocenters. The summed E-state index contributed by atoms with van der Waals surface area (Å²) in [6.45, 7) is 5.16. The van der Waals surface area contributed by atoms with E-state index in [1.807, 2.05) is 0 Å². The highest BCUT2D eigenvalue weighted by Crippen LogP contribution is 2.55. The normalized spacial score (nSPS) is 32.5. The standard InChI is InChI=1S/C24H31NO/c1-16(2)26-23-8-7-20-5-3-4-6-21(20)22(23)15-25-24-12-17-9-18(13-24)11-19(10-17)14-24/h3-8,16-19,25H,9-15H2,1-2H3. The molecule has 0 radical (unpaired) electrons. The van der Waals surface area contributed by atoms with E-state index in [1.165, 1.54) is 54.9 Å². The minimum atomic E-state index is 0.203. The van der Waals surface area contributed by atoms with Gasteiger partial charge in [-0.2, -0.15) is 0 Å². The molecule has 0 aromatic heterocycles. The van der Waals surface area contributed by atoms with Gasteiger partial charge in [-0.05, 0) is 87.0 Å². The van der Waals surface area contributed by atoms with Gasteiger partial charge < -0.3 is 10.1 Å². The minimum Gasteiger partial charge on any atom is -0.491 e. The van der Waals surface area contributed by atoms with Crippen molar-refractivity contribution < 1.29 is 4.74 Å². The van der Waals surface area contributed by atoms with Gasteiger partial charge >= 0.3 is 0 Å². The first-order valence-electron chi connectivity index (χ1n) is 10.5. The lowest BCUT2D eigenvalue weighted by Gasteiger charge is -2.57. The average molecular weight is 350 g/mol. The molecule has 2 nitrogen and oxygen atoms in total. The molecule has 0 aliphatic heterocycles. The van der Waals surface area contributed by atoms with Crippen molar-refractivity contribution in [2.75, 3.05) is 0 Å². The summed E-state index contributed by atoms with van der Waals surface area (Å²) in [7, 11) is 0. The summed E-state index contributed by atoms with van der Waals surface area (Å²) in [5.41, 5.74) is 1.73. The minimum absolute atomic E-state index is 0.203. The molecule has 26 heavy (non-hydrogen) atoms. The lowest BCUT2D eigenvalue weighted by Crippen LogP contribution is -2.58. The van der Waals surface area contributed by atoms with Crippen LogP contribution in [0.15, 0.2) is 36.4 Å². The number of ether oxygens (including phenoxy) is 1. The van der Waals surface area contributed by atoms with Gasteiger partial charge in [0.15, 0.2) is 0 Å². The number of rotatable bonds is 5. The Hall–Kier alpha value is -1.54. The highest BCUT2D eigenvalue weighted by Gasteiger charge is 2.50. The van der Waals surface area contributed by atoms with E-state index in [2.05, 4.69) is 55.6 Å². The largest absolute Gasteiger partial charge is 0.491 e. The zero-order valence-electron chi connectivity index (χ0n) is 16.1. The summed E-state index contributed by atoms with van der Waals surface area (Å²) in [6.07, 6.45) is 8.87. The molecule has 2 heteroatoms. The van der Waals surface area contributed by atoms with Crippen LogP contribution in [0.3, 0.4) is 0 Å². The SMILES string of the molecule is CC(C)Oc1ccc2ccccc2c1CNC12CC3CC(CC(C3)C1)C2. The second kappa shape index (κ2) is 6.27. The number of hydrogen-bond acceptors (Lipinski definition) is 2. The van der Waals surface area contributed by atoms with Crippen molar-refractivity contribution >= 4 is 10.8 Å². The maximum Gasteiger partial charge on any atom is 0.124 e. The lowest BCUT2D eigenvalue weighted by molar-refractivity contribution is -0.0206. The molecule has 4 bridgehead atoms. The fraction of sp³-hybridized carbons (Fsp3) is 0.583. The van der Waals surface area contributed by atoms with Crippen molar-refractivity contribution in [3.05, 3.63) is 42.0 Å². The Labute approximate surface area is 157 Å². The maximum absolute atomic E-state index is 6.18. The van der Waals surface area contributed by atoms with Crippen molar-refractivity contribution in [3.63, 3.8) is 0 Å². The third-order valence-electron chi connectivity index (χ3n) is 7.04. The van der Waals surface area contributed by atoms with Gasteiger partial charge in [-0.25, -0.2) is 0 Å². The smallest absolute Gasteiger partial charge is 0.124 e. The summed E-state index contributed by atoms with van der Waals surface area (Å²) in [4.78, 5) is 0. The molecule has 6 rings (SSSR count). The average Bonchev–Trinajstić information content (AvgIpc) is 2.59. The van der Waals surface area contributed by atoms with Gasteiger partial charge in [-0.1, -0.05) is 30.3 Å². The van der Waals surface area contributed by atoms with E-state index < -0.39 is 0 Å². The van der Waals surface area contributed by atoms with Crippen molar-refractivity contribution in [1.82, 2.24) is 5.32 Å². The van der Waals surface area contributed by atoms with E-state index in [-0.39, 0.29) is 6.10 Å². The molecule has 2 aromatic carbocycles. The summed E-state index contributed by atoms with van der Waals surface area (Å²) >= 11 is 0. The van der Waals surface area contributed by atoms with Crippen LogP contribution in [0, 0.1) is 17.8 Å². The molecule has 4 saturated carbocycles. The Morgan fingerprint density at radius 2 is 1.62 bits per heavy atom. The van der Waals surface area contributed by atoms with Crippen molar-refractivity contribution in [3.8, 4) is 5.75 Å². The lowest BCUT2D eigenvalue weighted by atomic mass is 9.53. The van der Waals surface area contributed by atoms with Crippen LogP contribution >= 0.6 is 0 Å². The molecule has 4 fully saturated rings. The summed E-state index contributed by atoms with van der Waals surface area (Å²) < 4.78 is 6.18. The van der Waals surface area contributed by atoms with Gasteiger partial charge in [0.25, 0.3) is 0 Å². The van der Waals surface area contributed by atoms with E-state index in [0.717, 1.165) is 30.0 Å². The van der Waals surface area contributed by atoms with Crippen LogP contribution in [0.25, 0.3) is 10.8 Å². The summed E-state index contributed by atoms with van der Waals surface area (Å²) in [5, 5.41) is 6.72. The van der Waals surface area contributed by atoms with Crippen LogP contribution < -0.4 is 10.1 Å². The van der Waals surface area contributed by atoms with Crippen LogP contribution in [-0.4, -0.2) is 11.6 Å². The quantitative estimate of drug-likeness (QED) is 0.749. The first kappa shape index (κ1) is 16.6. The summed E-state index contributed by atoms with van der Waals surface area (Å²) in [6, 6.07) is 13.1. The van der Waals surface area contributed by atoms with Gasteiger partial charge in [-0.3, -0.25) is 0 Å². The van der Waals surface area contributed by atoms with E-state index in [4.69, 9.17) is 4.74 Å². The van der Waals surface area contributed by atoms with Crippen LogP contribution in [0.4, 0.5) is 0 Å². The fourth-order valence-electron chi connectivity index (χ4n) is 6.47. The molecule has 0 atom stereocenters. The molecule has 0 heterocycles. The Balaban J connectivity index is 1.45. The molecule has 4 aliphatic rings. The van der Waals surface area contributed by atoms with Gasteiger partial charge in [0.05, 0.1) is 6.10 Å². The molecular formula is C24H31NO. The van der Waals surface area contributed by atoms with Crippen molar-refractivity contribution in [2.24, 2.45) is 17.8 Å². The predicted octanol–water partition coefficient (Wildman–Crippen LogP) is 5.69. The molecule has 2 aromatic rings. The van der Waals surface area contributed by atoms with E-state index in [0.29, 0.717) is 5.54 Å². The van der Waals surface area contributed by atoms with Gasteiger partial charge in [-0.15, -0.1) is 0 Å². The molecule has 0 spiro atoms. The Morgan fingerprint density at radius 1 is 0.962 bits per heavy atom. The van der Waals surface area contributed by atoms with Crippen LogP contribution in [-0.2, 0) is 6.54 Å².